The summed E-state index contributed by atoms with van der Waals surface area (Å²) in [6.07, 6.45) is 1.99. The summed E-state index contributed by atoms with van der Waals surface area (Å²) in [5.74, 6) is 0.384. The molecule has 2 heterocycles. The van der Waals surface area contributed by atoms with Gasteiger partial charge in [-0.3, -0.25) is 0 Å². The Kier molecular flexibility index (Phi) is 5.59. The molecule has 0 aromatic carbocycles. The highest BCUT2D eigenvalue weighted by Gasteiger charge is 2.29. The van der Waals surface area contributed by atoms with Gasteiger partial charge in [0.15, 0.2) is 5.13 Å². The van der Waals surface area contributed by atoms with Gasteiger partial charge in [-0.15, -0.1) is 11.3 Å². The molecule has 1 saturated heterocycles. The predicted octanol–water partition coefficient (Wildman–Crippen LogP) is 1.74. The van der Waals surface area contributed by atoms with Gasteiger partial charge >= 0.3 is 10.2 Å². The second-order valence-corrected chi connectivity index (χ2v) is 8.32. The number of hydrogen-bond donors (Lipinski definition) is 2. The van der Waals surface area contributed by atoms with Gasteiger partial charge in [0.05, 0.1) is 5.69 Å². The van der Waals surface area contributed by atoms with Crippen LogP contribution < -0.4 is 10.0 Å². The van der Waals surface area contributed by atoms with Gasteiger partial charge in [-0.1, -0.05) is 6.92 Å². The molecule has 120 valence electrons. The lowest BCUT2D eigenvalue weighted by atomic mass is 10.00. The van der Waals surface area contributed by atoms with E-state index in [1.807, 2.05) is 13.8 Å². The smallest absolute Gasteiger partial charge is 0.303 e. The molecule has 0 radical (unpaired) electrons. The topological polar surface area (TPSA) is 74.3 Å². The summed E-state index contributed by atoms with van der Waals surface area (Å²) >= 11 is 1.38. The molecule has 0 spiro atoms. The van der Waals surface area contributed by atoms with Crippen molar-refractivity contribution >= 4 is 26.7 Å². The van der Waals surface area contributed by atoms with Crippen molar-refractivity contribution < 1.29 is 8.42 Å². The van der Waals surface area contributed by atoms with Crippen LogP contribution >= 0.6 is 11.3 Å². The van der Waals surface area contributed by atoms with E-state index in [9.17, 15) is 8.42 Å². The first-order valence-corrected chi connectivity index (χ1v) is 9.60. The molecule has 0 aliphatic carbocycles. The average Bonchev–Trinajstić information content (AvgIpc) is 2.74. The van der Waals surface area contributed by atoms with Crippen molar-refractivity contribution in [2.45, 2.75) is 33.6 Å². The fraction of sp³-hybridized carbons (Fsp3) is 0.769. The maximum Gasteiger partial charge on any atom is 0.303 e. The van der Waals surface area contributed by atoms with Crippen molar-refractivity contribution in [2.75, 3.05) is 30.9 Å². The van der Waals surface area contributed by atoms with Crippen LogP contribution in [0.25, 0.3) is 0 Å². The van der Waals surface area contributed by atoms with E-state index in [1.54, 1.807) is 4.31 Å². The largest absolute Gasteiger partial charge is 0.317 e. The van der Waals surface area contributed by atoms with Crippen molar-refractivity contribution in [1.29, 1.82) is 0 Å². The Hall–Kier alpha value is -0.700. The summed E-state index contributed by atoms with van der Waals surface area (Å²) in [6.45, 7) is 8.84. The van der Waals surface area contributed by atoms with Crippen LogP contribution in [0.3, 0.4) is 0 Å². The van der Waals surface area contributed by atoms with Gasteiger partial charge < -0.3 is 5.32 Å². The molecular weight excluding hydrogens is 308 g/mol. The van der Waals surface area contributed by atoms with E-state index in [0.29, 0.717) is 24.1 Å². The first kappa shape index (κ1) is 16.7. The monoisotopic (exact) mass is 332 g/mol. The van der Waals surface area contributed by atoms with Crippen molar-refractivity contribution in [3.63, 3.8) is 0 Å². The van der Waals surface area contributed by atoms with Gasteiger partial charge in [0.1, 0.15) is 0 Å². The summed E-state index contributed by atoms with van der Waals surface area (Å²) in [6, 6.07) is 0. The van der Waals surface area contributed by atoms with E-state index in [2.05, 4.69) is 21.9 Å². The van der Waals surface area contributed by atoms with Gasteiger partial charge in [-0.2, -0.15) is 12.7 Å². The Morgan fingerprint density at radius 1 is 1.43 bits per heavy atom. The molecule has 1 unspecified atom stereocenters. The maximum absolute atomic E-state index is 12.5. The molecule has 1 aliphatic rings. The van der Waals surface area contributed by atoms with Crippen LogP contribution in [-0.2, 0) is 10.2 Å². The standard InChI is InChI=1S/C13H24N4O2S2/c1-4-14-8-12-6-5-7-17(9-12)21(18,19)16-13-15-10(2)11(3)20-13/h12,14H,4-9H2,1-3H3,(H,15,16). The number of hydrogen-bond acceptors (Lipinski definition) is 5. The van der Waals surface area contributed by atoms with Crippen molar-refractivity contribution in [3.05, 3.63) is 10.6 Å². The first-order chi connectivity index (χ1) is 9.92. The Bertz CT molecular complexity index is 551. The van der Waals surface area contributed by atoms with Gasteiger partial charge in [0.2, 0.25) is 0 Å². The third-order valence-electron chi connectivity index (χ3n) is 3.75. The van der Waals surface area contributed by atoms with Gasteiger partial charge in [0, 0.05) is 18.0 Å². The number of aromatic nitrogens is 1. The number of piperidine rings is 1. The molecule has 1 aliphatic heterocycles. The summed E-state index contributed by atoms with van der Waals surface area (Å²) in [4.78, 5) is 5.29. The van der Waals surface area contributed by atoms with E-state index in [4.69, 9.17) is 0 Å². The van der Waals surface area contributed by atoms with Crippen molar-refractivity contribution in [1.82, 2.24) is 14.6 Å². The van der Waals surface area contributed by atoms with Crippen LogP contribution in [0.1, 0.15) is 30.3 Å². The molecule has 21 heavy (non-hydrogen) atoms. The highest BCUT2D eigenvalue weighted by atomic mass is 32.2. The predicted molar refractivity (Wildman–Crippen MR) is 87.0 cm³/mol. The number of anilines is 1. The van der Waals surface area contributed by atoms with Gasteiger partial charge in [0.25, 0.3) is 0 Å². The Labute approximate surface area is 131 Å². The van der Waals surface area contributed by atoms with Gasteiger partial charge in [-0.25, -0.2) is 9.71 Å². The van der Waals surface area contributed by atoms with E-state index in [0.717, 1.165) is 36.5 Å². The van der Waals surface area contributed by atoms with Crippen molar-refractivity contribution in [3.8, 4) is 0 Å². The molecule has 1 aromatic rings. The fourth-order valence-corrected chi connectivity index (χ4v) is 4.77. The first-order valence-electron chi connectivity index (χ1n) is 7.35. The molecule has 0 bridgehead atoms. The maximum atomic E-state index is 12.5. The lowest BCUT2D eigenvalue weighted by Gasteiger charge is -2.31. The zero-order chi connectivity index (χ0) is 15.5. The van der Waals surface area contributed by atoms with Crippen LogP contribution in [-0.4, -0.2) is 43.9 Å². The zero-order valence-electron chi connectivity index (χ0n) is 12.8. The molecule has 0 saturated carbocycles. The van der Waals surface area contributed by atoms with E-state index < -0.39 is 10.2 Å². The summed E-state index contributed by atoms with van der Waals surface area (Å²) in [7, 11) is -3.49. The minimum absolute atomic E-state index is 0.384. The zero-order valence-corrected chi connectivity index (χ0v) is 14.5. The molecule has 2 N–H and O–H groups in total. The van der Waals surface area contributed by atoms with Crippen LogP contribution in [0.4, 0.5) is 5.13 Å². The Balaban J connectivity index is 2.01. The van der Waals surface area contributed by atoms with Crippen LogP contribution in [0.15, 0.2) is 0 Å². The lowest BCUT2D eigenvalue weighted by Crippen LogP contribution is -2.45. The lowest BCUT2D eigenvalue weighted by molar-refractivity contribution is 0.262. The summed E-state index contributed by atoms with van der Waals surface area (Å²) in [5, 5.41) is 3.76. The SMILES string of the molecule is CCNCC1CCCN(S(=O)(=O)Nc2nc(C)c(C)s2)C1. The number of aryl methyl sites for hydroxylation is 2. The highest BCUT2D eigenvalue weighted by molar-refractivity contribution is 7.90. The average molecular weight is 332 g/mol. The van der Waals surface area contributed by atoms with E-state index in [-0.39, 0.29) is 0 Å². The molecule has 2 rings (SSSR count). The number of rotatable bonds is 6. The third kappa shape index (κ3) is 4.38. The van der Waals surface area contributed by atoms with E-state index >= 15 is 0 Å². The van der Waals surface area contributed by atoms with Crippen molar-refractivity contribution in [2.24, 2.45) is 5.92 Å². The Morgan fingerprint density at radius 3 is 2.81 bits per heavy atom. The second kappa shape index (κ2) is 7.04. The van der Waals surface area contributed by atoms with Crippen LogP contribution in [0, 0.1) is 19.8 Å². The molecule has 8 heteroatoms. The molecule has 6 nitrogen and oxygen atoms in total. The third-order valence-corrected chi connectivity index (χ3v) is 6.33. The molecule has 1 atom stereocenters. The second-order valence-electron chi connectivity index (χ2n) is 5.44. The molecular formula is C13H24N4O2S2. The minimum atomic E-state index is -3.49. The number of thiazole rings is 1. The van der Waals surface area contributed by atoms with Crippen LogP contribution in [0.5, 0.6) is 0 Å². The molecule has 1 fully saturated rings. The fourth-order valence-electron chi connectivity index (χ4n) is 2.45. The van der Waals surface area contributed by atoms with Crippen LogP contribution in [0.2, 0.25) is 0 Å². The van der Waals surface area contributed by atoms with Gasteiger partial charge in [-0.05, 0) is 45.7 Å². The quantitative estimate of drug-likeness (QED) is 0.832. The number of nitrogens with zero attached hydrogens (tertiary/aromatic N) is 2. The summed E-state index contributed by atoms with van der Waals surface area (Å²) < 4.78 is 29.1. The summed E-state index contributed by atoms with van der Waals surface area (Å²) in [5.41, 5.74) is 0.876. The number of nitrogens with one attached hydrogen (secondary N) is 2. The molecule has 0 amide bonds. The Morgan fingerprint density at radius 2 is 2.19 bits per heavy atom. The highest BCUT2D eigenvalue weighted by Crippen LogP contribution is 2.24. The molecule has 1 aromatic heterocycles. The minimum Gasteiger partial charge on any atom is -0.317 e. The normalized spacial score (nSPS) is 20.6. The van der Waals surface area contributed by atoms with E-state index in [1.165, 1.54) is 11.3 Å².